The molecule has 1 N–H and O–H groups in total. The maximum absolute atomic E-state index is 11.5. The lowest BCUT2D eigenvalue weighted by Gasteiger charge is -2.05. The van der Waals surface area contributed by atoms with E-state index in [-0.39, 0.29) is 5.57 Å². The van der Waals surface area contributed by atoms with Crippen LogP contribution in [-0.2, 0) is 23.8 Å². The van der Waals surface area contributed by atoms with Gasteiger partial charge in [-0.2, -0.15) is 0 Å². The second-order valence-electron chi connectivity index (χ2n) is 3.99. The first-order valence-corrected chi connectivity index (χ1v) is 5.76. The molecule has 3 atom stereocenters. The van der Waals surface area contributed by atoms with Gasteiger partial charge in [-0.25, -0.2) is 9.59 Å². The highest BCUT2D eigenvalue weighted by molar-refractivity contribution is 5.97. The predicted molar refractivity (Wildman–Crippen MR) is 61.7 cm³/mol. The van der Waals surface area contributed by atoms with E-state index in [9.17, 15) is 14.7 Å². The van der Waals surface area contributed by atoms with Gasteiger partial charge in [0.1, 0.15) is 12.2 Å². The van der Waals surface area contributed by atoms with Crippen molar-refractivity contribution in [3.63, 3.8) is 0 Å². The van der Waals surface area contributed by atoms with Gasteiger partial charge in [-0.15, -0.1) is 0 Å². The minimum atomic E-state index is -0.658. The van der Waals surface area contributed by atoms with Crippen molar-refractivity contribution in [2.75, 3.05) is 14.2 Å². The van der Waals surface area contributed by atoms with E-state index < -0.39 is 30.3 Å². The van der Waals surface area contributed by atoms with Crippen LogP contribution in [0.5, 0.6) is 0 Å². The molecular formula is C12H18O6. The fraction of sp³-hybridized carbons (Fsp3) is 0.667. The Hall–Kier alpha value is -1.40. The number of methoxy groups -OCH3 is 2. The molecular weight excluding hydrogens is 240 g/mol. The molecule has 1 aliphatic rings. The number of epoxide rings is 1. The zero-order valence-electron chi connectivity index (χ0n) is 10.7. The largest absolute Gasteiger partial charge is 0.466 e. The first-order valence-electron chi connectivity index (χ1n) is 5.76. The Morgan fingerprint density at radius 1 is 1.39 bits per heavy atom. The number of hydrogen-bond donors (Lipinski definition) is 1. The van der Waals surface area contributed by atoms with E-state index in [1.807, 2.05) is 6.92 Å². The van der Waals surface area contributed by atoms with Crippen molar-refractivity contribution in [2.45, 2.75) is 38.1 Å². The Morgan fingerprint density at radius 3 is 2.56 bits per heavy atom. The minimum absolute atomic E-state index is 0.0736. The second kappa shape index (κ2) is 6.51. The molecule has 0 amide bonds. The van der Waals surface area contributed by atoms with Gasteiger partial charge in [-0.1, -0.05) is 13.3 Å². The van der Waals surface area contributed by atoms with Gasteiger partial charge in [0.25, 0.3) is 0 Å². The topological polar surface area (TPSA) is 85.4 Å². The third kappa shape index (κ3) is 3.54. The van der Waals surface area contributed by atoms with Crippen molar-refractivity contribution in [1.29, 1.82) is 0 Å². The highest BCUT2D eigenvalue weighted by Gasteiger charge is 2.49. The quantitative estimate of drug-likeness (QED) is 0.416. The summed E-state index contributed by atoms with van der Waals surface area (Å²) >= 11 is 0. The third-order valence-corrected chi connectivity index (χ3v) is 2.69. The van der Waals surface area contributed by atoms with Crippen molar-refractivity contribution >= 4 is 11.9 Å². The van der Waals surface area contributed by atoms with E-state index in [1.54, 1.807) is 0 Å². The molecule has 0 aromatic heterocycles. The number of aliphatic hydroxyl groups is 1. The smallest absolute Gasteiger partial charge is 0.336 e. The SMILES string of the molecule is CCC[C@H](O)[C@@H]1O[C@H]1/C(=C/C(=O)OC)C(=O)OC. The van der Waals surface area contributed by atoms with Crippen LogP contribution in [0, 0.1) is 0 Å². The molecule has 0 aliphatic carbocycles. The van der Waals surface area contributed by atoms with E-state index >= 15 is 0 Å². The Balaban J connectivity index is 2.73. The molecule has 102 valence electrons. The van der Waals surface area contributed by atoms with Gasteiger partial charge in [0.05, 0.1) is 25.9 Å². The minimum Gasteiger partial charge on any atom is -0.466 e. The molecule has 0 unspecified atom stereocenters. The van der Waals surface area contributed by atoms with E-state index in [2.05, 4.69) is 9.47 Å². The van der Waals surface area contributed by atoms with Crippen LogP contribution in [-0.4, -0.2) is 49.6 Å². The van der Waals surface area contributed by atoms with Crippen LogP contribution < -0.4 is 0 Å². The lowest BCUT2D eigenvalue weighted by atomic mass is 10.0. The number of rotatable bonds is 6. The molecule has 1 saturated heterocycles. The van der Waals surface area contributed by atoms with E-state index in [0.29, 0.717) is 6.42 Å². The monoisotopic (exact) mass is 258 g/mol. The van der Waals surface area contributed by atoms with Crippen molar-refractivity contribution in [3.8, 4) is 0 Å². The first kappa shape index (κ1) is 14.7. The maximum Gasteiger partial charge on any atom is 0.336 e. The van der Waals surface area contributed by atoms with Crippen LogP contribution >= 0.6 is 0 Å². The van der Waals surface area contributed by atoms with Gasteiger partial charge in [0.2, 0.25) is 0 Å². The molecule has 6 nitrogen and oxygen atoms in total. The van der Waals surface area contributed by atoms with Crippen LogP contribution in [0.1, 0.15) is 19.8 Å². The molecule has 0 bridgehead atoms. The Morgan fingerprint density at radius 2 is 2.06 bits per heavy atom. The molecule has 0 spiro atoms. The number of esters is 2. The molecule has 18 heavy (non-hydrogen) atoms. The average Bonchev–Trinajstić information content (AvgIpc) is 3.15. The molecule has 0 radical (unpaired) electrons. The summed E-state index contributed by atoms with van der Waals surface area (Å²) in [6, 6.07) is 0. The Bertz CT molecular complexity index is 348. The van der Waals surface area contributed by atoms with Crippen molar-refractivity contribution in [1.82, 2.24) is 0 Å². The van der Waals surface area contributed by atoms with Crippen LogP contribution in [0.2, 0.25) is 0 Å². The molecule has 0 aromatic carbocycles. The molecule has 1 rings (SSSR count). The highest BCUT2D eigenvalue weighted by Crippen LogP contribution is 2.34. The summed E-state index contributed by atoms with van der Waals surface area (Å²) in [6.07, 6.45) is 0.717. The van der Waals surface area contributed by atoms with Crippen LogP contribution in [0.3, 0.4) is 0 Å². The van der Waals surface area contributed by atoms with Gasteiger partial charge in [-0.3, -0.25) is 0 Å². The summed E-state index contributed by atoms with van der Waals surface area (Å²) in [5.41, 5.74) is 0.0736. The number of carbonyl (C=O) groups excluding carboxylic acids is 2. The molecule has 1 aliphatic heterocycles. The predicted octanol–water partition coefficient (Wildman–Crippen LogP) is 0.187. The van der Waals surface area contributed by atoms with Crippen molar-refractivity contribution in [3.05, 3.63) is 11.6 Å². The van der Waals surface area contributed by atoms with Gasteiger partial charge < -0.3 is 19.3 Å². The van der Waals surface area contributed by atoms with Gasteiger partial charge in [0.15, 0.2) is 0 Å². The number of carbonyl (C=O) groups is 2. The number of aliphatic hydroxyl groups excluding tert-OH is 1. The normalized spacial score (nSPS) is 24.3. The van der Waals surface area contributed by atoms with E-state index in [0.717, 1.165) is 12.5 Å². The molecule has 0 saturated carbocycles. The lowest BCUT2D eigenvalue weighted by molar-refractivity contribution is -0.138. The molecule has 0 aromatic rings. The van der Waals surface area contributed by atoms with Gasteiger partial charge in [0, 0.05) is 6.08 Å². The Labute approximate surface area is 106 Å². The first-order chi connectivity index (χ1) is 8.54. The van der Waals surface area contributed by atoms with Gasteiger partial charge >= 0.3 is 11.9 Å². The van der Waals surface area contributed by atoms with E-state index in [1.165, 1.54) is 14.2 Å². The summed E-state index contributed by atoms with van der Waals surface area (Å²) in [6.45, 7) is 1.94. The summed E-state index contributed by atoms with van der Waals surface area (Å²) in [4.78, 5) is 22.7. The molecule has 6 heteroatoms. The van der Waals surface area contributed by atoms with Crippen LogP contribution in [0.25, 0.3) is 0 Å². The summed E-state index contributed by atoms with van der Waals surface area (Å²) < 4.78 is 14.3. The fourth-order valence-electron chi connectivity index (χ4n) is 1.69. The zero-order chi connectivity index (χ0) is 13.7. The fourth-order valence-corrected chi connectivity index (χ4v) is 1.69. The van der Waals surface area contributed by atoms with Crippen LogP contribution in [0.15, 0.2) is 11.6 Å². The van der Waals surface area contributed by atoms with Crippen molar-refractivity contribution < 1.29 is 28.9 Å². The van der Waals surface area contributed by atoms with Crippen LogP contribution in [0.4, 0.5) is 0 Å². The highest BCUT2D eigenvalue weighted by atomic mass is 16.6. The average molecular weight is 258 g/mol. The number of ether oxygens (including phenoxy) is 3. The number of hydrogen-bond acceptors (Lipinski definition) is 6. The lowest BCUT2D eigenvalue weighted by Crippen LogP contribution is -2.21. The van der Waals surface area contributed by atoms with Gasteiger partial charge in [-0.05, 0) is 6.42 Å². The second-order valence-corrected chi connectivity index (χ2v) is 3.99. The third-order valence-electron chi connectivity index (χ3n) is 2.69. The molecule has 1 fully saturated rings. The summed E-state index contributed by atoms with van der Waals surface area (Å²) in [7, 11) is 2.43. The zero-order valence-corrected chi connectivity index (χ0v) is 10.7. The molecule has 1 heterocycles. The maximum atomic E-state index is 11.5. The summed E-state index contributed by atoms with van der Waals surface area (Å²) in [5.74, 6) is -1.31. The standard InChI is InChI=1S/C12H18O6/c1-4-5-8(13)11-10(18-11)7(12(15)17-3)6-9(14)16-2/h6,8,10-11,13H,4-5H2,1-3H3/b7-6-/t8-,10-,11-/m0/s1. The van der Waals surface area contributed by atoms with E-state index in [4.69, 9.17) is 4.74 Å². The summed E-state index contributed by atoms with van der Waals surface area (Å²) in [5, 5.41) is 9.73. The Kier molecular flexibility index (Phi) is 5.30. The van der Waals surface area contributed by atoms with Crippen molar-refractivity contribution in [2.24, 2.45) is 0 Å².